The molecule has 2 aliphatic rings. The second-order valence-corrected chi connectivity index (χ2v) is 7.40. The Labute approximate surface area is 130 Å². The first-order chi connectivity index (χ1) is 10.1. The molecular formula is C17H35N3O. The summed E-state index contributed by atoms with van der Waals surface area (Å²) in [6.45, 7) is 8.31. The fourth-order valence-electron chi connectivity index (χ4n) is 4.50. The first-order valence-corrected chi connectivity index (χ1v) is 8.82. The summed E-state index contributed by atoms with van der Waals surface area (Å²) in [6, 6.07) is 0. The SMILES string of the molecule is CCNC1(CO)CCCC1CCN(C)CC1CCN(C)C1. The van der Waals surface area contributed by atoms with Crippen molar-refractivity contribution < 1.29 is 5.11 Å². The van der Waals surface area contributed by atoms with Crippen LogP contribution in [0.4, 0.5) is 0 Å². The number of nitrogens with one attached hydrogen (secondary N) is 1. The maximum atomic E-state index is 9.86. The summed E-state index contributed by atoms with van der Waals surface area (Å²) >= 11 is 0. The Morgan fingerprint density at radius 2 is 2.19 bits per heavy atom. The van der Waals surface area contributed by atoms with Gasteiger partial charge in [-0.1, -0.05) is 13.3 Å². The van der Waals surface area contributed by atoms with E-state index in [2.05, 4.69) is 36.1 Å². The van der Waals surface area contributed by atoms with E-state index in [0.717, 1.165) is 25.4 Å². The van der Waals surface area contributed by atoms with Gasteiger partial charge in [-0.2, -0.15) is 0 Å². The standard InChI is InChI=1S/C17H35N3O/c1-4-18-17(14-21)9-5-6-16(17)8-11-20(3)13-15-7-10-19(2)12-15/h15-16,18,21H,4-14H2,1-3H3. The minimum atomic E-state index is 0.00314. The molecule has 2 rings (SSSR count). The van der Waals surface area contributed by atoms with E-state index < -0.39 is 0 Å². The van der Waals surface area contributed by atoms with Gasteiger partial charge in [0.05, 0.1) is 6.61 Å². The Morgan fingerprint density at radius 3 is 2.81 bits per heavy atom. The first kappa shape index (κ1) is 17.2. The summed E-state index contributed by atoms with van der Waals surface area (Å²) < 4.78 is 0. The summed E-state index contributed by atoms with van der Waals surface area (Å²) in [5.74, 6) is 1.48. The van der Waals surface area contributed by atoms with Gasteiger partial charge < -0.3 is 20.2 Å². The highest BCUT2D eigenvalue weighted by atomic mass is 16.3. The van der Waals surface area contributed by atoms with Crippen LogP contribution in [0.5, 0.6) is 0 Å². The van der Waals surface area contributed by atoms with Crippen LogP contribution in [0.25, 0.3) is 0 Å². The van der Waals surface area contributed by atoms with Crippen molar-refractivity contribution >= 4 is 0 Å². The van der Waals surface area contributed by atoms with Crippen LogP contribution in [0.15, 0.2) is 0 Å². The monoisotopic (exact) mass is 297 g/mol. The van der Waals surface area contributed by atoms with Gasteiger partial charge >= 0.3 is 0 Å². The largest absolute Gasteiger partial charge is 0.394 e. The molecule has 4 nitrogen and oxygen atoms in total. The van der Waals surface area contributed by atoms with Crippen LogP contribution in [0.3, 0.4) is 0 Å². The topological polar surface area (TPSA) is 38.7 Å². The predicted octanol–water partition coefficient (Wildman–Crippen LogP) is 1.40. The fraction of sp³-hybridized carbons (Fsp3) is 1.00. The van der Waals surface area contributed by atoms with Crippen LogP contribution in [-0.2, 0) is 0 Å². The number of hydrogen-bond acceptors (Lipinski definition) is 4. The Morgan fingerprint density at radius 1 is 1.38 bits per heavy atom. The molecule has 0 bridgehead atoms. The zero-order chi connectivity index (χ0) is 15.3. The zero-order valence-electron chi connectivity index (χ0n) is 14.3. The number of hydrogen-bond donors (Lipinski definition) is 2. The van der Waals surface area contributed by atoms with Crippen LogP contribution in [0.2, 0.25) is 0 Å². The molecule has 0 spiro atoms. The van der Waals surface area contributed by atoms with E-state index in [-0.39, 0.29) is 5.54 Å². The molecule has 21 heavy (non-hydrogen) atoms. The van der Waals surface area contributed by atoms with Crippen LogP contribution < -0.4 is 5.32 Å². The molecule has 1 aliphatic carbocycles. The van der Waals surface area contributed by atoms with Gasteiger partial charge in [-0.05, 0) is 71.2 Å². The highest BCUT2D eigenvalue weighted by Gasteiger charge is 2.41. The molecule has 1 aliphatic heterocycles. The molecule has 1 heterocycles. The van der Waals surface area contributed by atoms with Gasteiger partial charge in [-0.15, -0.1) is 0 Å². The quantitative estimate of drug-likeness (QED) is 0.710. The van der Waals surface area contributed by atoms with E-state index in [0.29, 0.717) is 12.5 Å². The first-order valence-electron chi connectivity index (χ1n) is 8.82. The molecular weight excluding hydrogens is 262 g/mol. The lowest BCUT2D eigenvalue weighted by molar-refractivity contribution is 0.113. The Hall–Kier alpha value is -0.160. The van der Waals surface area contributed by atoms with Crippen molar-refractivity contribution in [3.8, 4) is 0 Å². The number of likely N-dealkylation sites (tertiary alicyclic amines) is 1. The molecule has 0 aromatic rings. The molecule has 0 radical (unpaired) electrons. The second kappa shape index (κ2) is 7.91. The van der Waals surface area contributed by atoms with E-state index in [4.69, 9.17) is 0 Å². The third-order valence-corrected chi connectivity index (χ3v) is 5.69. The number of aliphatic hydroxyl groups excluding tert-OH is 1. The van der Waals surface area contributed by atoms with Gasteiger partial charge in [0, 0.05) is 18.6 Å². The third-order valence-electron chi connectivity index (χ3n) is 5.69. The molecule has 124 valence electrons. The van der Waals surface area contributed by atoms with Crippen LogP contribution in [-0.4, -0.2) is 73.9 Å². The van der Waals surface area contributed by atoms with E-state index in [9.17, 15) is 5.11 Å². The van der Waals surface area contributed by atoms with E-state index >= 15 is 0 Å². The predicted molar refractivity (Wildman–Crippen MR) is 88.6 cm³/mol. The van der Waals surface area contributed by atoms with Crippen molar-refractivity contribution in [3.63, 3.8) is 0 Å². The van der Waals surface area contributed by atoms with Gasteiger partial charge in [0.2, 0.25) is 0 Å². The van der Waals surface area contributed by atoms with Gasteiger partial charge in [-0.25, -0.2) is 0 Å². The summed E-state index contributed by atoms with van der Waals surface area (Å²) in [6.07, 6.45) is 6.23. The minimum Gasteiger partial charge on any atom is -0.394 e. The lowest BCUT2D eigenvalue weighted by Crippen LogP contribution is -2.51. The normalized spacial score (nSPS) is 34.1. The Bertz CT molecular complexity index is 312. The van der Waals surface area contributed by atoms with Crippen molar-refractivity contribution in [2.24, 2.45) is 11.8 Å². The number of rotatable bonds is 8. The molecule has 1 saturated carbocycles. The molecule has 0 amide bonds. The smallest absolute Gasteiger partial charge is 0.0616 e. The summed E-state index contributed by atoms with van der Waals surface area (Å²) in [5, 5.41) is 13.4. The molecule has 2 N–H and O–H groups in total. The molecule has 3 unspecified atom stereocenters. The molecule has 1 saturated heterocycles. The number of nitrogens with zero attached hydrogens (tertiary/aromatic N) is 2. The molecule has 2 fully saturated rings. The van der Waals surface area contributed by atoms with Crippen LogP contribution >= 0.6 is 0 Å². The van der Waals surface area contributed by atoms with Gasteiger partial charge in [-0.3, -0.25) is 0 Å². The third kappa shape index (κ3) is 4.41. The highest BCUT2D eigenvalue weighted by Crippen LogP contribution is 2.37. The molecule has 0 aromatic heterocycles. The summed E-state index contributed by atoms with van der Waals surface area (Å²) in [4.78, 5) is 4.95. The van der Waals surface area contributed by atoms with Crippen molar-refractivity contribution in [2.75, 3.05) is 53.4 Å². The second-order valence-electron chi connectivity index (χ2n) is 7.40. The highest BCUT2D eigenvalue weighted by molar-refractivity contribution is 4.98. The zero-order valence-corrected chi connectivity index (χ0v) is 14.3. The molecule has 0 aromatic carbocycles. The van der Waals surface area contributed by atoms with Crippen molar-refractivity contribution in [3.05, 3.63) is 0 Å². The Kier molecular flexibility index (Phi) is 6.48. The number of likely N-dealkylation sites (N-methyl/N-ethyl adjacent to an activating group) is 1. The van der Waals surface area contributed by atoms with Crippen molar-refractivity contribution in [1.82, 2.24) is 15.1 Å². The van der Waals surface area contributed by atoms with E-state index in [1.807, 2.05) is 0 Å². The van der Waals surface area contributed by atoms with Gasteiger partial charge in [0.15, 0.2) is 0 Å². The van der Waals surface area contributed by atoms with E-state index in [1.54, 1.807) is 0 Å². The van der Waals surface area contributed by atoms with Crippen LogP contribution in [0.1, 0.15) is 39.0 Å². The average Bonchev–Trinajstić information content (AvgIpc) is 3.04. The van der Waals surface area contributed by atoms with Gasteiger partial charge in [0.1, 0.15) is 0 Å². The minimum absolute atomic E-state index is 0.00314. The molecule has 3 atom stereocenters. The van der Waals surface area contributed by atoms with E-state index in [1.165, 1.54) is 45.3 Å². The molecule has 4 heteroatoms. The summed E-state index contributed by atoms with van der Waals surface area (Å²) in [7, 11) is 4.49. The lowest BCUT2D eigenvalue weighted by Gasteiger charge is -2.36. The van der Waals surface area contributed by atoms with Crippen LogP contribution in [0, 0.1) is 11.8 Å². The van der Waals surface area contributed by atoms with Gasteiger partial charge in [0.25, 0.3) is 0 Å². The van der Waals surface area contributed by atoms with Crippen molar-refractivity contribution in [2.45, 2.75) is 44.6 Å². The lowest BCUT2D eigenvalue weighted by atomic mass is 9.85. The average molecular weight is 297 g/mol. The maximum Gasteiger partial charge on any atom is 0.0616 e. The maximum absolute atomic E-state index is 9.86. The number of aliphatic hydroxyl groups is 1. The van der Waals surface area contributed by atoms with Crippen molar-refractivity contribution in [1.29, 1.82) is 0 Å². The fourth-order valence-corrected chi connectivity index (χ4v) is 4.50. The Balaban J connectivity index is 1.76. The summed E-state index contributed by atoms with van der Waals surface area (Å²) in [5.41, 5.74) is 0.00314.